The fraction of sp³-hybridized carbons (Fsp3) is 0.182. The van der Waals surface area contributed by atoms with Crippen LogP contribution in [-0.2, 0) is 6.54 Å². The Morgan fingerprint density at radius 2 is 1.94 bits per heavy atom. The highest BCUT2D eigenvalue weighted by atomic mass is 16.2. The molecule has 0 aliphatic heterocycles. The Hall–Kier alpha value is -2.17. The van der Waals surface area contributed by atoms with Gasteiger partial charge in [-0.25, -0.2) is 9.59 Å². The summed E-state index contributed by atoms with van der Waals surface area (Å²) in [6.07, 6.45) is 1.25. The molecule has 0 aliphatic rings. The molecule has 0 amide bonds. The van der Waals surface area contributed by atoms with Crippen molar-refractivity contribution in [1.82, 2.24) is 14.5 Å². The van der Waals surface area contributed by atoms with Crippen LogP contribution in [-0.4, -0.2) is 14.5 Å². The molecule has 0 unspecified atom stereocenters. The molecule has 0 bridgehead atoms. The Labute approximate surface area is 91.4 Å². The lowest BCUT2D eigenvalue weighted by Crippen LogP contribution is -2.31. The summed E-state index contributed by atoms with van der Waals surface area (Å²) in [5.74, 6) is 0. The zero-order chi connectivity index (χ0) is 11.5. The van der Waals surface area contributed by atoms with E-state index in [-0.39, 0.29) is 0 Å². The Balaban J connectivity index is 2.30. The quantitative estimate of drug-likeness (QED) is 0.786. The molecular weight excluding hydrogens is 206 g/mol. The van der Waals surface area contributed by atoms with Gasteiger partial charge in [0, 0.05) is 0 Å². The zero-order valence-corrected chi connectivity index (χ0v) is 8.80. The summed E-state index contributed by atoms with van der Waals surface area (Å²) >= 11 is 0. The van der Waals surface area contributed by atoms with Crippen LogP contribution in [0.2, 0.25) is 0 Å². The Kier molecular flexibility index (Phi) is 2.68. The molecule has 0 spiro atoms. The second-order valence-corrected chi connectivity index (χ2v) is 3.59. The highest BCUT2D eigenvalue weighted by molar-refractivity contribution is 5.21. The summed E-state index contributed by atoms with van der Waals surface area (Å²) in [6.45, 7) is 2.40. The molecule has 0 saturated carbocycles. The van der Waals surface area contributed by atoms with Crippen molar-refractivity contribution in [2.24, 2.45) is 0 Å². The van der Waals surface area contributed by atoms with Crippen molar-refractivity contribution in [1.29, 1.82) is 0 Å². The van der Waals surface area contributed by atoms with Gasteiger partial charge in [-0.2, -0.15) is 4.98 Å². The van der Waals surface area contributed by atoms with Crippen LogP contribution in [0.5, 0.6) is 0 Å². The molecule has 1 aromatic carbocycles. The van der Waals surface area contributed by atoms with Crippen LogP contribution in [0.3, 0.4) is 0 Å². The summed E-state index contributed by atoms with van der Waals surface area (Å²) < 4.78 is 1.35. The van der Waals surface area contributed by atoms with Gasteiger partial charge in [-0.1, -0.05) is 29.8 Å². The van der Waals surface area contributed by atoms with E-state index >= 15 is 0 Å². The van der Waals surface area contributed by atoms with Gasteiger partial charge >= 0.3 is 11.4 Å². The average Bonchev–Trinajstić information content (AvgIpc) is 2.25. The van der Waals surface area contributed by atoms with Crippen LogP contribution in [0.4, 0.5) is 0 Å². The van der Waals surface area contributed by atoms with Gasteiger partial charge in [0.25, 0.3) is 0 Å². The van der Waals surface area contributed by atoms with Crippen molar-refractivity contribution in [3.8, 4) is 0 Å². The van der Waals surface area contributed by atoms with Crippen molar-refractivity contribution in [3.63, 3.8) is 0 Å². The van der Waals surface area contributed by atoms with E-state index in [0.29, 0.717) is 6.54 Å². The number of hydrogen-bond acceptors (Lipinski definition) is 3. The molecular formula is C11H11N3O2. The second-order valence-electron chi connectivity index (χ2n) is 3.59. The standard InChI is InChI=1S/C11H11N3O2/c1-8-2-4-9(5-3-8)6-14-7-12-10(15)13-11(14)16/h2-5,7H,6H2,1H3,(H,13,15,16). The summed E-state index contributed by atoms with van der Waals surface area (Å²) in [7, 11) is 0. The number of aromatic nitrogens is 3. The molecule has 0 radical (unpaired) electrons. The topological polar surface area (TPSA) is 67.8 Å². The van der Waals surface area contributed by atoms with E-state index in [4.69, 9.17) is 0 Å². The molecule has 16 heavy (non-hydrogen) atoms. The van der Waals surface area contributed by atoms with Crippen LogP contribution >= 0.6 is 0 Å². The van der Waals surface area contributed by atoms with E-state index < -0.39 is 11.4 Å². The summed E-state index contributed by atoms with van der Waals surface area (Å²) in [4.78, 5) is 27.8. The first-order valence-corrected chi connectivity index (χ1v) is 4.86. The third-order valence-corrected chi connectivity index (χ3v) is 2.26. The van der Waals surface area contributed by atoms with Gasteiger partial charge in [0.1, 0.15) is 6.33 Å². The molecule has 5 nitrogen and oxygen atoms in total. The third kappa shape index (κ3) is 2.25. The van der Waals surface area contributed by atoms with E-state index in [0.717, 1.165) is 11.1 Å². The summed E-state index contributed by atoms with van der Waals surface area (Å²) in [6, 6.07) is 7.82. The maximum Gasteiger partial charge on any atom is 0.350 e. The Bertz CT molecular complexity index is 596. The lowest BCUT2D eigenvalue weighted by molar-refractivity contribution is 0.687. The normalized spacial score (nSPS) is 10.3. The van der Waals surface area contributed by atoms with Crippen LogP contribution in [0.15, 0.2) is 40.2 Å². The average molecular weight is 217 g/mol. The van der Waals surface area contributed by atoms with Crippen LogP contribution in [0.1, 0.15) is 11.1 Å². The van der Waals surface area contributed by atoms with E-state index in [2.05, 4.69) is 9.97 Å². The van der Waals surface area contributed by atoms with Crippen molar-refractivity contribution in [3.05, 3.63) is 62.7 Å². The molecule has 2 rings (SSSR count). The third-order valence-electron chi connectivity index (χ3n) is 2.26. The van der Waals surface area contributed by atoms with E-state index in [1.807, 2.05) is 31.2 Å². The highest BCUT2D eigenvalue weighted by Crippen LogP contribution is 2.03. The Morgan fingerprint density at radius 3 is 2.56 bits per heavy atom. The molecule has 2 aromatic rings. The molecule has 5 heteroatoms. The smallest absolute Gasteiger partial charge is 0.280 e. The van der Waals surface area contributed by atoms with E-state index in [9.17, 15) is 9.59 Å². The first-order valence-electron chi connectivity index (χ1n) is 4.86. The monoisotopic (exact) mass is 217 g/mol. The number of nitrogens with zero attached hydrogens (tertiary/aromatic N) is 2. The predicted molar refractivity (Wildman–Crippen MR) is 59.4 cm³/mol. The number of nitrogens with one attached hydrogen (secondary N) is 1. The molecule has 0 aliphatic carbocycles. The first-order chi connectivity index (χ1) is 7.65. The number of H-pyrrole nitrogens is 1. The fourth-order valence-electron chi connectivity index (χ4n) is 1.37. The van der Waals surface area contributed by atoms with Gasteiger partial charge in [-0.3, -0.25) is 9.55 Å². The van der Waals surface area contributed by atoms with Crippen molar-refractivity contribution >= 4 is 0 Å². The molecule has 82 valence electrons. The van der Waals surface area contributed by atoms with Crippen molar-refractivity contribution in [2.75, 3.05) is 0 Å². The lowest BCUT2D eigenvalue weighted by atomic mass is 10.1. The number of aryl methyl sites for hydroxylation is 1. The van der Waals surface area contributed by atoms with E-state index in [1.165, 1.54) is 10.9 Å². The maximum atomic E-state index is 11.4. The number of aromatic amines is 1. The molecule has 1 heterocycles. The SMILES string of the molecule is Cc1ccc(Cn2cnc(=O)[nH]c2=O)cc1. The summed E-state index contributed by atoms with van der Waals surface area (Å²) in [5, 5.41) is 0. The maximum absolute atomic E-state index is 11.4. The Morgan fingerprint density at radius 1 is 1.25 bits per heavy atom. The number of hydrogen-bond donors (Lipinski definition) is 1. The fourth-order valence-corrected chi connectivity index (χ4v) is 1.37. The van der Waals surface area contributed by atoms with Gasteiger partial charge < -0.3 is 0 Å². The van der Waals surface area contributed by atoms with E-state index in [1.54, 1.807) is 0 Å². The summed E-state index contributed by atoms with van der Waals surface area (Å²) in [5.41, 5.74) is 1.09. The minimum absolute atomic E-state index is 0.406. The molecule has 1 aromatic heterocycles. The second kappa shape index (κ2) is 4.14. The molecule has 0 fully saturated rings. The van der Waals surface area contributed by atoms with Gasteiger partial charge in [0.2, 0.25) is 0 Å². The van der Waals surface area contributed by atoms with Crippen LogP contribution in [0.25, 0.3) is 0 Å². The zero-order valence-electron chi connectivity index (χ0n) is 8.80. The molecule has 0 atom stereocenters. The van der Waals surface area contributed by atoms with Gasteiger partial charge in [-0.15, -0.1) is 0 Å². The lowest BCUT2D eigenvalue weighted by Gasteiger charge is -2.03. The minimum Gasteiger partial charge on any atom is -0.280 e. The minimum atomic E-state index is -0.620. The largest absolute Gasteiger partial charge is 0.350 e. The van der Waals surface area contributed by atoms with Gasteiger partial charge in [0.15, 0.2) is 0 Å². The van der Waals surface area contributed by atoms with Crippen LogP contribution < -0.4 is 11.4 Å². The van der Waals surface area contributed by atoms with Gasteiger partial charge in [0.05, 0.1) is 6.54 Å². The van der Waals surface area contributed by atoms with Crippen LogP contribution in [0, 0.1) is 6.92 Å². The first kappa shape index (κ1) is 10.4. The molecule has 1 N–H and O–H groups in total. The van der Waals surface area contributed by atoms with Crippen molar-refractivity contribution < 1.29 is 0 Å². The number of benzene rings is 1. The predicted octanol–water partition coefficient (Wildman–Crippen LogP) is 0.288. The number of rotatable bonds is 2. The molecule has 0 saturated heterocycles. The van der Waals surface area contributed by atoms with Crippen molar-refractivity contribution in [2.45, 2.75) is 13.5 Å². The highest BCUT2D eigenvalue weighted by Gasteiger charge is 1.98. The van der Waals surface area contributed by atoms with Gasteiger partial charge in [-0.05, 0) is 12.5 Å².